The molecule has 2 aromatic carbocycles. The first kappa shape index (κ1) is 22.4. The molecule has 7 nitrogen and oxygen atoms in total. The second-order valence-electron chi connectivity index (χ2n) is 8.33. The molecular formula is C26H29N7. The number of allylic oxidation sites excluding steroid dienone is 1. The van der Waals surface area contributed by atoms with Gasteiger partial charge in [0.1, 0.15) is 5.69 Å². The van der Waals surface area contributed by atoms with Crippen LogP contribution in [0.1, 0.15) is 29.7 Å². The fourth-order valence-corrected chi connectivity index (χ4v) is 4.48. The normalized spacial score (nSPS) is 15.5. The highest BCUT2D eigenvalue weighted by molar-refractivity contribution is 6.15. The molecule has 7 heteroatoms. The molecular weight excluding hydrogens is 410 g/mol. The Kier molecular flexibility index (Phi) is 6.96. The number of rotatable bonds is 6. The second kappa shape index (κ2) is 10.2. The molecule has 0 radical (unpaired) electrons. The molecule has 0 amide bonds. The maximum absolute atomic E-state index is 8.99. The first-order valence-electron chi connectivity index (χ1n) is 11.2. The van der Waals surface area contributed by atoms with Gasteiger partial charge in [0.2, 0.25) is 0 Å². The Morgan fingerprint density at radius 3 is 2.48 bits per heavy atom. The first-order chi connectivity index (χ1) is 16.1. The summed E-state index contributed by atoms with van der Waals surface area (Å²) >= 11 is 0. The monoisotopic (exact) mass is 439 g/mol. The molecule has 1 fully saturated rings. The smallest absolute Gasteiger partial charge is 0.159 e. The van der Waals surface area contributed by atoms with Gasteiger partial charge in [-0.15, -0.1) is 10.2 Å². The van der Waals surface area contributed by atoms with Crippen molar-refractivity contribution in [2.24, 2.45) is 10.7 Å². The SMILES string of the molecule is CN=C(C=CN)c1nnc(N2CCC(N(C)Cc3ccc(C#N)cc3)CC2)c2ccccc12. The third-order valence-corrected chi connectivity index (χ3v) is 6.31. The van der Waals surface area contributed by atoms with Gasteiger partial charge in [-0.1, -0.05) is 36.4 Å². The minimum absolute atomic E-state index is 0.504. The summed E-state index contributed by atoms with van der Waals surface area (Å²) in [5, 5.41) is 20.2. The van der Waals surface area contributed by atoms with Gasteiger partial charge in [0.05, 0.1) is 17.3 Å². The Bertz CT molecular complexity index is 1200. The molecule has 1 aromatic heterocycles. The summed E-state index contributed by atoms with van der Waals surface area (Å²) in [7, 11) is 3.91. The molecule has 2 N–H and O–H groups in total. The fraction of sp³-hybridized carbons (Fsp3) is 0.308. The van der Waals surface area contributed by atoms with Crippen LogP contribution in [0.5, 0.6) is 0 Å². The summed E-state index contributed by atoms with van der Waals surface area (Å²) in [4.78, 5) is 9.08. The number of anilines is 1. The van der Waals surface area contributed by atoms with Crippen LogP contribution in [0.4, 0.5) is 5.82 Å². The number of benzene rings is 2. The van der Waals surface area contributed by atoms with Crippen molar-refractivity contribution in [2.45, 2.75) is 25.4 Å². The molecule has 0 saturated carbocycles. The standard InChI is InChI=1S/C26H29N7/c1-29-24(11-14-27)25-22-5-3-4-6-23(22)26(31-30-25)33-15-12-21(13-16-33)32(2)18-20-9-7-19(17-28)8-10-20/h3-11,14,21H,12-13,15-16,18,27H2,1-2H3. The number of hydrogen-bond acceptors (Lipinski definition) is 7. The largest absolute Gasteiger partial charge is 0.405 e. The lowest BCUT2D eigenvalue weighted by atomic mass is 10.0. The number of nitrogens with two attached hydrogens (primary N) is 1. The predicted molar refractivity (Wildman–Crippen MR) is 133 cm³/mol. The van der Waals surface area contributed by atoms with Gasteiger partial charge in [-0.25, -0.2) is 0 Å². The van der Waals surface area contributed by atoms with E-state index in [2.05, 4.69) is 50.2 Å². The summed E-state index contributed by atoms with van der Waals surface area (Å²) in [5.74, 6) is 0.926. The molecule has 4 rings (SSSR count). The molecule has 0 aliphatic carbocycles. The topological polar surface area (TPSA) is 94.4 Å². The molecule has 0 spiro atoms. The van der Waals surface area contributed by atoms with Gasteiger partial charge in [0.25, 0.3) is 0 Å². The number of hydrogen-bond donors (Lipinski definition) is 1. The van der Waals surface area contributed by atoms with E-state index in [-0.39, 0.29) is 0 Å². The first-order valence-corrected chi connectivity index (χ1v) is 11.2. The zero-order chi connectivity index (χ0) is 23.2. The Hall–Kier alpha value is -3.76. The Balaban J connectivity index is 1.48. The molecule has 1 aliphatic heterocycles. The highest BCUT2D eigenvalue weighted by Gasteiger charge is 2.25. The number of piperidine rings is 1. The predicted octanol–water partition coefficient (Wildman–Crippen LogP) is 3.49. The van der Waals surface area contributed by atoms with Crippen LogP contribution in [0.3, 0.4) is 0 Å². The van der Waals surface area contributed by atoms with Crippen LogP contribution in [-0.4, -0.2) is 54.0 Å². The van der Waals surface area contributed by atoms with Crippen LogP contribution in [0.2, 0.25) is 0 Å². The van der Waals surface area contributed by atoms with Crippen molar-refractivity contribution in [3.63, 3.8) is 0 Å². The van der Waals surface area contributed by atoms with E-state index in [9.17, 15) is 0 Å². The van der Waals surface area contributed by atoms with Crippen LogP contribution in [-0.2, 0) is 6.54 Å². The van der Waals surface area contributed by atoms with Crippen molar-refractivity contribution >= 4 is 22.3 Å². The molecule has 1 aliphatic rings. The van der Waals surface area contributed by atoms with E-state index in [0.29, 0.717) is 11.6 Å². The number of aliphatic imine (C=N–C) groups is 1. The molecule has 33 heavy (non-hydrogen) atoms. The Morgan fingerprint density at radius 2 is 1.85 bits per heavy atom. The van der Waals surface area contributed by atoms with Gasteiger partial charge in [0, 0.05) is 43.5 Å². The van der Waals surface area contributed by atoms with Gasteiger partial charge in [-0.3, -0.25) is 9.89 Å². The van der Waals surface area contributed by atoms with Gasteiger partial charge in [-0.05, 0) is 49.9 Å². The minimum Gasteiger partial charge on any atom is -0.405 e. The van der Waals surface area contributed by atoms with Crippen LogP contribution >= 0.6 is 0 Å². The van der Waals surface area contributed by atoms with E-state index < -0.39 is 0 Å². The van der Waals surface area contributed by atoms with Gasteiger partial charge in [0.15, 0.2) is 5.82 Å². The lowest BCUT2D eigenvalue weighted by Gasteiger charge is -2.37. The van der Waals surface area contributed by atoms with Crippen molar-refractivity contribution in [1.29, 1.82) is 5.26 Å². The van der Waals surface area contributed by atoms with Crippen LogP contribution in [0.25, 0.3) is 10.8 Å². The summed E-state index contributed by atoms with van der Waals surface area (Å²) < 4.78 is 0. The number of nitrogens with zero attached hydrogens (tertiary/aromatic N) is 6. The second-order valence-corrected chi connectivity index (χ2v) is 8.33. The Labute approximate surface area is 194 Å². The molecule has 0 unspecified atom stereocenters. The summed E-state index contributed by atoms with van der Waals surface area (Å²) in [6.07, 6.45) is 5.35. The molecule has 1 saturated heterocycles. The molecule has 0 atom stereocenters. The van der Waals surface area contributed by atoms with E-state index in [4.69, 9.17) is 11.0 Å². The van der Waals surface area contributed by atoms with Gasteiger partial charge >= 0.3 is 0 Å². The number of fused-ring (bicyclic) bond motifs is 1. The minimum atomic E-state index is 0.504. The quantitative estimate of drug-likeness (QED) is 0.591. The maximum Gasteiger partial charge on any atom is 0.159 e. The lowest BCUT2D eigenvalue weighted by Crippen LogP contribution is -2.43. The average Bonchev–Trinajstić information content (AvgIpc) is 2.87. The van der Waals surface area contributed by atoms with Crippen LogP contribution < -0.4 is 10.6 Å². The van der Waals surface area contributed by atoms with Crippen molar-refractivity contribution < 1.29 is 0 Å². The van der Waals surface area contributed by atoms with E-state index in [1.54, 1.807) is 13.1 Å². The van der Waals surface area contributed by atoms with Crippen molar-refractivity contribution in [3.8, 4) is 6.07 Å². The Morgan fingerprint density at radius 1 is 1.15 bits per heavy atom. The number of nitriles is 1. The summed E-state index contributed by atoms with van der Waals surface area (Å²) in [5.41, 5.74) is 8.99. The summed E-state index contributed by atoms with van der Waals surface area (Å²) in [6, 6.07) is 18.8. The van der Waals surface area contributed by atoms with Crippen molar-refractivity contribution in [3.05, 3.63) is 77.6 Å². The van der Waals surface area contributed by atoms with E-state index >= 15 is 0 Å². The van der Waals surface area contributed by atoms with Crippen molar-refractivity contribution in [2.75, 3.05) is 32.1 Å². The van der Waals surface area contributed by atoms with Crippen molar-refractivity contribution in [1.82, 2.24) is 15.1 Å². The van der Waals surface area contributed by atoms with Gasteiger partial charge < -0.3 is 10.6 Å². The highest BCUT2D eigenvalue weighted by Crippen LogP contribution is 2.29. The fourth-order valence-electron chi connectivity index (χ4n) is 4.48. The zero-order valence-corrected chi connectivity index (χ0v) is 19.1. The van der Waals surface area contributed by atoms with E-state index in [1.807, 2.05) is 36.4 Å². The molecule has 0 bridgehead atoms. The van der Waals surface area contributed by atoms with Gasteiger partial charge in [-0.2, -0.15) is 5.26 Å². The average molecular weight is 440 g/mol. The lowest BCUT2D eigenvalue weighted by molar-refractivity contribution is 0.200. The zero-order valence-electron chi connectivity index (χ0n) is 19.1. The summed E-state index contributed by atoms with van der Waals surface area (Å²) in [6.45, 7) is 2.73. The van der Waals surface area contributed by atoms with E-state index in [1.165, 1.54) is 11.8 Å². The van der Waals surface area contributed by atoms with Crippen LogP contribution in [0, 0.1) is 11.3 Å². The molecule has 2 heterocycles. The third kappa shape index (κ3) is 4.86. The van der Waals surface area contributed by atoms with Crippen LogP contribution in [0.15, 0.2) is 65.8 Å². The maximum atomic E-state index is 8.99. The highest BCUT2D eigenvalue weighted by atomic mass is 15.3. The number of aromatic nitrogens is 2. The molecule has 3 aromatic rings. The third-order valence-electron chi connectivity index (χ3n) is 6.31. The van der Waals surface area contributed by atoms with E-state index in [0.717, 1.165) is 60.5 Å². The molecule has 168 valence electrons.